The van der Waals surface area contributed by atoms with Gasteiger partial charge in [0.1, 0.15) is 0 Å². The van der Waals surface area contributed by atoms with Crippen molar-refractivity contribution in [3.63, 3.8) is 0 Å². The molecule has 0 aliphatic carbocycles. The summed E-state index contributed by atoms with van der Waals surface area (Å²) in [6.07, 6.45) is 31.2. The molecule has 2 atom stereocenters. The normalized spacial score (nSPS) is 12.3. The molecular formula is C43H76N8O4. The van der Waals surface area contributed by atoms with Gasteiger partial charge in [0, 0.05) is 35.6 Å². The van der Waals surface area contributed by atoms with Crippen LogP contribution in [0.1, 0.15) is 200 Å². The van der Waals surface area contributed by atoms with Crippen molar-refractivity contribution < 1.29 is 9.59 Å². The van der Waals surface area contributed by atoms with E-state index in [1.54, 1.807) is 0 Å². The Morgan fingerprint density at radius 3 is 1.15 bits per heavy atom. The second kappa shape index (κ2) is 30.5. The lowest BCUT2D eigenvalue weighted by molar-refractivity contribution is 0.247. The van der Waals surface area contributed by atoms with Gasteiger partial charge in [-0.15, -0.1) is 0 Å². The molecule has 0 bridgehead atoms. The number of H-pyrrole nitrogens is 2. The van der Waals surface area contributed by atoms with Gasteiger partial charge in [-0.25, -0.2) is 19.6 Å². The minimum absolute atomic E-state index is 0.135. The number of rotatable bonds is 32. The zero-order valence-electron chi connectivity index (χ0n) is 34.9. The molecule has 2 aromatic heterocycles. The molecule has 55 heavy (non-hydrogen) atoms. The molecule has 0 aromatic carbocycles. The molecule has 4 amide bonds. The molecule has 0 saturated carbocycles. The van der Waals surface area contributed by atoms with Gasteiger partial charge in [-0.3, -0.25) is 30.2 Å². The number of anilines is 2. The lowest BCUT2D eigenvalue weighted by Gasteiger charge is -2.17. The lowest BCUT2D eigenvalue weighted by atomic mass is 10.0. The number of aromatic nitrogens is 4. The highest BCUT2D eigenvalue weighted by molar-refractivity contribution is 5.88. The third-order valence-corrected chi connectivity index (χ3v) is 10.2. The van der Waals surface area contributed by atoms with Crippen LogP contribution in [0.5, 0.6) is 0 Å². The number of amides is 4. The lowest BCUT2D eigenvalue weighted by Crippen LogP contribution is -2.38. The third-order valence-electron chi connectivity index (χ3n) is 10.2. The van der Waals surface area contributed by atoms with Crippen LogP contribution in [-0.2, 0) is 12.8 Å². The quantitative estimate of drug-likeness (QED) is 0.0404. The first-order valence-electron chi connectivity index (χ1n) is 22.0. The number of unbranched alkanes of at least 4 members (excludes halogenated alkanes) is 20. The van der Waals surface area contributed by atoms with Gasteiger partial charge < -0.3 is 10.6 Å². The summed E-state index contributed by atoms with van der Waals surface area (Å²) in [6, 6.07) is 1.88. The molecule has 0 unspecified atom stereocenters. The van der Waals surface area contributed by atoms with Crippen LogP contribution < -0.4 is 32.4 Å². The minimum atomic E-state index is -0.430. The van der Waals surface area contributed by atoms with Crippen molar-refractivity contribution in [1.82, 2.24) is 30.6 Å². The third kappa shape index (κ3) is 25.2. The summed E-state index contributed by atoms with van der Waals surface area (Å²) in [7, 11) is 0. The van der Waals surface area contributed by atoms with E-state index in [4.69, 9.17) is 0 Å². The Labute approximate surface area is 331 Å². The van der Waals surface area contributed by atoms with Gasteiger partial charge in [-0.2, -0.15) is 0 Å². The molecule has 6 N–H and O–H groups in total. The van der Waals surface area contributed by atoms with Gasteiger partial charge >= 0.3 is 12.1 Å². The maximum absolute atomic E-state index is 12.6. The molecule has 0 aliphatic rings. The smallest absolute Gasteiger partial charge is 0.321 e. The van der Waals surface area contributed by atoms with Crippen LogP contribution >= 0.6 is 0 Å². The largest absolute Gasteiger partial charge is 0.335 e. The van der Waals surface area contributed by atoms with Crippen LogP contribution in [0.2, 0.25) is 0 Å². The van der Waals surface area contributed by atoms with Crippen LogP contribution in [-0.4, -0.2) is 44.1 Å². The minimum Gasteiger partial charge on any atom is -0.335 e. The van der Waals surface area contributed by atoms with E-state index in [1.165, 1.54) is 128 Å². The molecule has 0 radical (unpaired) electrons. The molecule has 312 valence electrons. The predicted octanol–water partition coefficient (Wildman–Crippen LogP) is 10.5. The fraction of sp³-hybridized carbons (Fsp3) is 0.767. The van der Waals surface area contributed by atoms with Crippen LogP contribution in [0.15, 0.2) is 21.7 Å². The van der Waals surface area contributed by atoms with Crippen molar-refractivity contribution in [2.24, 2.45) is 0 Å². The Kier molecular flexibility index (Phi) is 26.3. The van der Waals surface area contributed by atoms with Crippen molar-refractivity contribution in [3.05, 3.63) is 44.2 Å². The standard InChI is InChI=1S/C43H76N8O4/c1-5-7-9-11-13-15-17-19-21-23-25-30-36-32-38(52)48-40(46-36)50-42(54)44-34(3)28-27-29-35(4)45-43(55)51-41-47-37(33-39(53)49-41)31-26-24-22-20-18-16-14-12-10-8-6-2/h32-35H,5-31H2,1-4H3,(H3,44,46,48,50,52,54)(H3,45,47,49,51,53,55)/t34-,35-/m0/s1. The van der Waals surface area contributed by atoms with Gasteiger partial charge in [0.05, 0.1) is 0 Å². The molecule has 0 aliphatic heterocycles. The van der Waals surface area contributed by atoms with Gasteiger partial charge in [0.2, 0.25) is 11.9 Å². The van der Waals surface area contributed by atoms with Gasteiger partial charge in [-0.1, -0.05) is 142 Å². The number of urea groups is 2. The average Bonchev–Trinajstić information content (AvgIpc) is 3.12. The highest BCUT2D eigenvalue weighted by Gasteiger charge is 2.13. The first-order valence-corrected chi connectivity index (χ1v) is 22.0. The Balaban J connectivity index is 1.60. The Morgan fingerprint density at radius 1 is 0.509 bits per heavy atom. The molecule has 0 fully saturated rings. The number of hydrogen-bond donors (Lipinski definition) is 6. The van der Waals surface area contributed by atoms with Crippen LogP contribution in [0.4, 0.5) is 21.5 Å². The monoisotopic (exact) mass is 769 g/mol. The maximum atomic E-state index is 12.6. The zero-order chi connectivity index (χ0) is 39.9. The summed E-state index contributed by atoms with van der Waals surface area (Å²) in [4.78, 5) is 63.9. The van der Waals surface area contributed by atoms with E-state index >= 15 is 0 Å². The van der Waals surface area contributed by atoms with E-state index in [2.05, 4.69) is 55.1 Å². The van der Waals surface area contributed by atoms with Crippen LogP contribution in [0.3, 0.4) is 0 Å². The van der Waals surface area contributed by atoms with Crippen molar-refractivity contribution in [2.45, 2.75) is 213 Å². The summed E-state index contributed by atoms with van der Waals surface area (Å²) in [5.74, 6) is 0.295. The SMILES string of the molecule is CCCCCCCCCCCCCc1cc(=O)[nH]c(NC(=O)N[C@@H](C)CCC[C@H](C)NC(=O)Nc2nc(CCCCCCCCCCCCC)cc(=O)[nH]2)n1. The topological polar surface area (TPSA) is 174 Å². The summed E-state index contributed by atoms with van der Waals surface area (Å²) in [5, 5.41) is 11.1. The molecular weight excluding hydrogens is 693 g/mol. The average molecular weight is 769 g/mol. The van der Waals surface area contributed by atoms with Gasteiger partial charge in [-0.05, 0) is 58.8 Å². The van der Waals surface area contributed by atoms with Gasteiger partial charge in [0.15, 0.2) is 0 Å². The molecule has 2 heterocycles. The van der Waals surface area contributed by atoms with Gasteiger partial charge in [0.25, 0.3) is 11.1 Å². The second-order valence-corrected chi connectivity index (χ2v) is 15.7. The molecule has 12 nitrogen and oxygen atoms in total. The van der Waals surface area contributed by atoms with E-state index in [-0.39, 0.29) is 35.1 Å². The first kappa shape index (κ1) is 47.5. The fourth-order valence-electron chi connectivity index (χ4n) is 6.94. The molecule has 0 spiro atoms. The second-order valence-electron chi connectivity index (χ2n) is 15.7. The highest BCUT2D eigenvalue weighted by atomic mass is 16.2. The number of nitrogens with one attached hydrogen (secondary N) is 6. The molecule has 0 saturated heterocycles. The van der Waals surface area contributed by atoms with E-state index in [1.807, 2.05) is 13.8 Å². The maximum Gasteiger partial charge on any atom is 0.321 e. The number of aromatic amines is 2. The summed E-state index contributed by atoms with van der Waals surface area (Å²) >= 11 is 0. The number of carbonyl (C=O) groups is 2. The fourth-order valence-corrected chi connectivity index (χ4v) is 6.94. The number of aryl methyl sites for hydroxylation is 2. The Morgan fingerprint density at radius 2 is 0.818 bits per heavy atom. The zero-order valence-corrected chi connectivity index (χ0v) is 34.9. The molecule has 12 heteroatoms. The summed E-state index contributed by atoms with van der Waals surface area (Å²) in [5.41, 5.74) is 0.804. The van der Waals surface area contributed by atoms with Crippen molar-refractivity contribution in [2.75, 3.05) is 10.6 Å². The number of carbonyl (C=O) groups excluding carboxylic acids is 2. The van der Waals surface area contributed by atoms with Crippen molar-refractivity contribution in [1.29, 1.82) is 0 Å². The number of hydrogen-bond acceptors (Lipinski definition) is 6. The summed E-state index contributed by atoms with van der Waals surface area (Å²) in [6.45, 7) is 8.32. The Bertz CT molecular complexity index is 1320. The first-order chi connectivity index (χ1) is 26.7. The van der Waals surface area contributed by atoms with Crippen LogP contribution in [0, 0.1) is 0 Å². The number of nitrogens with zero attached hydrogens (tertiary/aromatic N) is 2. The van der Waals surface area contributed by atoms with E-state index < -0.39 is 12.1 Å². The van der Waals surface area contributed by atoms with E-state index in [0.29, 0.717) is 37.1 Å². The van der Waals surface area contributed by atoms with Crippen LogP contribution in [0.25, 0.3) is 0 Å². The summed E-state index contributed by atoms with van der Waals surface area (Å²) < 4.78 is 0. The predicted molar refractivity (Wildman–Crippen MR) is 227 cm³/mol. The van der Waals surface area contributed by atoms with Crippen molar-refractivity contribution >= 4 is 24.0 Å². The molecule has 2 rings (SSSR count). The molecule has 2 aromatic rings. The highest BCUT2D eigenvalue weighted by Crippen LogP contribution is 2.14. The van der Waals surface area contributed by atoms with Crippen molar-refractivity contribution in [3.8, 4) is 0 Å². The van der Waals surface area contributed by atoms with E-state index in [0.717, 1.165) is 32.1 Å². The Hall–Kier alpha value is -3.70. The van der Waals surface area contributed by atoms with E-state index in [9.17, 15) is 19.2 Å².